The fourth-order valence-corrected chi connectivity index (χ4v) is 2.83. The van der Waals surface area contributed by atoms with Crippen molar-refractivity contribution in [1.82, 2.24) is 4.98 Å². The number of hydrogen-bond donors (Lipinski definition) is 2. The van der Waals surface area contributed by atoms with Gasteiger partial charge in [0.1, 0.15) is 10.7 Å². The highest BCUT2D eigenvalue weighted by Gasteiger charge is 2.19. The maximum atomic E-state index is 13.7. The number of benzene rings is 2. The van der Waals surface area contributed by atoms with E-state index in [1.807, 2.05) is 18.2 Å². The van der Waals surface area contributed by atoms with Gasteiger partial charge in [-0.15, -0.1) is 0 Å². The topological polar surface area (TPSA) is 62.2 Å². The van der Waals surface area contributed by atoms with Crippen molar-refractivity contribution >= 4 is 28.1 Å². The van der Waals surface area contributed by atoms with Crippen LogP contribution in [0.4, 0.5) is 15.2 Å². The molecule has 1 aromatic heterocycles. The first-order valence-electron chi connectivity index (χ1n) is 6.46. The van der Waals surface area contributed by atoms with Crippen LogP contribution in [0.1, 0.15) is 9.67 Å². The standard InChI is InChI=1S/C16H11FN2O2S/c17-11-8-4-5-9-12(11)18-16-19-13(14(22-16)15(20)21)10-6-2-1-3-7-10/h1-9H,(H,18,19)(H,20,21). The van der Waals surface area contributed by atoms with Crippen molar-refractivity contribution in [3.63, 3.8) is 0 Å². The van der Waals surface area contributed by atoms with Crippen LogP contribution >= 0.6 is 11.3 Å². The van der Waals surface area contributed by atoms with E-state index >= 15 is 0 Å². The molecule has 6 heteroatoms. The molecule has 0 atom stereocenters. The summed E-state index contributed by atoms with van der Waals surface area (Å²) in [7, 11) is 0. The van der Waals surface area contributed by atoms with Crippen LogP contribution in [-0.4, -0.2) is 16.1 Å². The van der Waals surface area contributed by atoms with E-state index in [0.717, 1.165) is 11.3 Å². The summed E-state index contributed by atoms with van der Waals surface area (Å²) in [5.41, 5.74) is 1.34. The Balaban J connectivity index is 2.01. The average Bonchev–Trinajstić information content (AvgIpc) is 2.95. The number of rotatable bonds is 4. The Morgan fingerprint density at radius 1 is 1.09 bits per heavy atom. The lowest BCUT2D eigenvalue weighted by Crippen LogP contribution is -1.95. The minimum Gasteiger partial charge on any atom is -0.477 e. The maximum Gasteiger partial charge on any atom is 0.348 e. The third-order valence-electron chi connectivity index (χ3n) is 2.98. The van der Waals surface area contributed by atoms with Crippen LogP contribution in [0.3, 0.4) is 0 Å². The zero-order valence-corrected chi connectivity index (χ0v) is 12.1. The third-order valence-corrected chi connectivity index (χ3v) is 3.94. The normalized spacial score (nSPS) is 10.4. The van der Waals surface area contributed by atoms with E-state index in [2.05, 4.69) is 10.3 Å². The predicted molar refractivity (Wildman–Crippen MR) is 84.2 cm³/mol. The summed E-state index contributed by atoms with van der Waals surface area (Å²) in [5.74, 6) is -1.48. The van der Waals surface area contributed by atoms with Crippen molar-refractivity contribution in [2.45, 2.75) is 0 Å². The van der Waals surface area contributed by atoms with Gasteiger partial charge in [0.15, 0.2) is 5.13 Å². The molecular formula is C16H11FN2O2S. The van der Waals surface area contributed by atoms with Gasteiger partial charge in [-0.25, -0.2) is 14.2 Å². The Morgan fingerprint density at radius 3 is 2.45 bits per heavy atom. The second kappa shape index (κ2) is 5.95. The van der Waals surface area contributed by atoms with Crippen LogP contribution in [-0.2, 0) is 0 Å². The third kappa shape index (κ3) is 2.82. The molecule has 0 spiro atoms. The summed E-state index contributed by atoms with van der Waals surface area (Å²) in [6.45, 7) is 0. The quantitative estimate of drug-likeness (QED) is 0.749. The fraction of sp³-hybridized carbons (Fsp3) is 0. The zero-order valence-electron chi connectivity index (χ0n) is 11.3. The van der Waals surface area contributed by atoms with E-state index in [9.17, 15) is 14.3 Å². The molecule has 0 saturated carbocycles. The zero-order chi connectivity index (χ0) is 15.5. The average molecular weight is 314 g/mol. The minimum atomic E-state index is -1.06. The molecule has 0 bridgehead atoms. The van der Waals surface area contributed by atoms with Gasteiger partial charge in [0.2, 0.25) is 0 Å². The molecule has 2 aromatic carbocycles. The molecule has 22 heavy (non-hydrogen) atoms. The van der Waals surface area contributed by atoms with Crippen molar-refractivity contribution in [3.8, 4) is 11.3 Å². The van der Waals surface area contributed by atoms with E-state index in [4.69, 9.17) is 0 Å². The molecule has 0 radical (unpaired) electrons. The van der Waals surface area contributed by atoms with Crippen LogP contribution in [0.2, 0.25) is 0 Å². The maximum absolute atomic E-state index is 13.7. The van der Waals surface area contributed by atoms with Crippen LogP contribution in [0.5, 0.6) is 0 Å². The van der Waals surface area contributed by atoms with Crippen LogP contribution in [0, 0.1) is 5.82 Å². The number of para-hydroxylation sites is 1. The summed E-state index contributed by atoms with van der Waals surface area (Å²) in [6, 6.07) is 15.2. The molecular weight excluding hydrogens is 303 g/mol. The van der Waals surface area contributed by atoms with Crippen molar-refractivity contribution in [1.29, 1.82) is 0 Å². The van der Waals surface area contributed by atoms with Gasteiger partial charge >= 0.3 is 5.97 Å². The van der Waals surface area contributed by atoms with Gasteiger partial charge in [0.25, 0.3) is 0 Å². The number of carboxylic acid groups (broad SMARTS) is 1. The number of carbonyl (C=O) groups is 1. The van der Waals surface area contributed by atoms with Crippen molar-refractivity contribution in [2.24, 2.45) is 0 Å². The number of aromatic nitrogens is 1. The second-order valence-electron chi connectivity index (χ2n) is 4.47. The van der Waals surface area contributed by atoms with E-state index in [1.54, 1.807) is 30.3 Å². The molecule has 0 fully saturated rings. The van der Waals surface area contributed by atoms with E-state index < -0.39 is 11.8 Å². The molecule has 3 aromatic rings. The Labute approximate surface area is 129 Å². The van der Waals surface area contributed by atoms with E-state index in [1.165, 1.54) is 6.07 Å². The number of carboxylic acids is 1. The van der Waals surface area contributed by atoms with Gasteiger partial charge in [0, 0.05) is 5.56 Å². The van der Waals surface area contributed by atoms with Crippen molar-refractivity contribution < 1.29 is 14.3 Å². The number of anilines is 2. The van der Waals surface area contributed by atoms with E-state index in [0.29, 0.717) is 16.4 Å². The molecule has 1 heterocycles. The van der Waals surface area contributed by atoms with Crippen molar-refractivity contribution in [2.75, 3.05) is 5.32 Å². The van der Waals surface area contributed by atoms with Gasteiger partial charge in [0.05, 0.1) is 11.4 Å². The van der Waals surface area contributed by atoms with Gasteiger partial charge < -0.3 is 10.4 Å². The van der Waals surface area contributed by atoms with Crippen molar-refractivity contribution in [3.05, 3.63) is 65.3 Å². The molecule has 0 aliphatic carbocycles. The fourth-order valence-electron chi connectivity index (χ4n) is 1.99. The molecule has 0 aliphatic rings. The smallest absolute Gasteiger partial charge is 0.348 e. The molecule has 4 nitrogen and oxygen atoms in total. The molecule has 0 aliphatic heterocycles. The Kier molecular flexibility index (Phi) is 3.84. The first-order valence-corrected chi connectivity index (χ1v) is 7.28. The number of aromatic carboxylic acids is 1. The SMILES string of the molecule is O=C(O)c1sc(Nc2ccccc2F)nc1-c1ccccc1. The van der Waals surface area contributed by atoms with Gasteiger partial charge in [-0.1, -0.05) is 53.8 Å². The summed E-state index contributed by atoms with van der Waals surface area (Å²) in [5, 5.41) is 12.5. The summed E-state index contributed by atoms with van der Waals surface area (Å²) in [6.07, 6.45) is 0. The van der Waals surface area contributed by atoms with Gasteiger partial charge in [-0.3, -0.25) is 0 Å². The Bertz CT molecular complexity index is 818. The number of nitrogens with zero attached hydrogens (tertiary/aromatic N) is 1. The molecule has 110 valence electrons. The van der Waals surface area contributed by atoms with Crippen LogP contribution in [0.25, 0.3) is 11.3 Å². The minimum absolute atomic E-state index is 0.116. The van der Waals surface area contributed by atoms with Gasteiger partial charge in [-0.2, -0.15) is 0 Å². The van der Waals surface area contributed by atoms with Crippen LogP contribution in [0.15, 0.2) is 54.6 Å². The molecule has 0 unspecified atom stereocenters. The lowest BCUT2D eigenvalue weighted by molar-refractivity contribution is 0.0702. The number of thiazole rings is 1. The first-order chi connectivity index (χ1) is 10.6. The molecule has 3 rings (SSSR count). The van der Waals surface area contributed by atoms with Crippen LogP contribution < -0.4 is 5.32 Å². The predicted octanol–water partition coefficient (Wildman–Crippen LogP) is 4.39. The lowest BCUT2D eigenvalue weighted by atomic mass is 10.1. The molecule has 2 N–H and O–H groups in total. The monoisotopic (exact) mass is 314 g/mol. The number of hydrogen-bond acceptors (Lipinski definition) is 4. The Morgan fingerprint density at radius 2 is 1.77 bits per heavy atom. The summed E-state index contributed by atoms with van der Waals surface area (Å²) >= 11 is 0.978. The highest BCUT2D eigenvalue weighted by Crippen LogP contribution is 2.33. The highest BCUT2D eigenvalue weighted by atomic mass is 32.1. The van der Waals surface area contributed by atoms with Gasteiger partial charge in [-0.05, 0) is 12.1 Å². The molecule has 0 amide bonds. The summed E-state index contributed by atoms with van der Waals surface area (Å²) < 4.78 is 13.7. The Hall–Kier alpha value is -2.73. The molecule has 0 saturated heterocycles. The summed E-state index contributed by atoms with van der Waals surface area (Å²) in [4.78, 5) is 15.8. The lowest BCUT2D eigenvalue weighted by Gasteiger charge is -2.02. The first kappa shape index (κ1) is 14.2. The highest BCUT2D eigenvalue weighted by molar-refractivity contribution is 7.18. The number of nitrogens with one attached hydrogen (secondary N) is 1. The number of halogens is 1. The second-order valence-corrected chi connectivity index (χ2v) is 5.47. The van der Waals surface area contributed by atoms with E-state index in [-0.39, 0.29) is 10.6 Å². The largest absolute Gasteiger partial charge is 0.477 e.